The maximum atomic E-state index is 11.7. The van der Waals surface area contributed by atoms with Gasteiger partial charge in [-0.3, -0.25) is 9.10 Å². The summed E-state index contributed by atoms with van der Waals surface area (Å²) in [4.78, 5) is 11.1. The Morgan fingerprint density at radius 3 is 2.47 bits per heavy atom. The van der Waals surface area contributed by atoms with Gasteiger partial charge in [-0.05, 0) is 36.7 Å². The second-order valence-corrected chi connectivity index (χ2v) is 6.67. The topological polar surface area (TPSA) is 54.5 Å². The van der Waals surface area contributed by atoms with Gasteiger partial charge in [-0.2, -0.15) is 0 Å². The van der Waals surface area contributed by atoms with Crippen molar-refractivity contribution in [3.05, 3.63) is 28.7 Å². The molecule has 1 unspecified atom stereocenters. The molecule has 0 bridgehead atoms. The number of anilines is 1. The first kappa shape index (κ1) is 14.5. The second kappa shape index (κ2) is 5.37. The van der Waals surface area contributed by atoms with E-state index in [0.717, 1.165) is 15.0 Å². The zero-order valence-electron chi connectivity index (χ0n) is 9.22. The molecule has 4 nitrogen and oxygen atoms in total. The highest BCUT2D eigenvalue weighted by Gasteiger charge is 2.27. The van der Waals surface area contributed by atoms with Crippen molar-refractivity contribution in [2.45, 2.75) is 13.0 Å². The first-order chi connectivity index (χ1) is 7.73. The number of rotatable bonds is 4. The van der Waals surface area contributed by atoms with Gasteiger partial charge in [-0.15, -0.1) is 0 Å². The number of hydrogen-bond acceptors (Lipinski definition) is 3. The van der Waals surface area contributed by atoms with Crippen LogP contribution in [0.2, 0.25) is 0 Å². The van der Waals surface area contributed by atoms with Gasteiger partial charge in [0.15, 0.2) is 0 Å². The Bertz CT molecular complexity index is 532. The quantitative estimate of drug-likeness (QED) is 0.791. The molecule has 0 N–H and O–H groups in total. The molecule has 0 aliphatic rings. The molecule has 0 heterocycles. The molecule has 0 aromatic heterocycles. The number of hydrogen-bond donors (Lipinski definition) is 0. The number of carbonyl (C=O) groups excluding carboxylic acids is 1. The van der Waals surface area contributed by atoms with Gasteiger partial charge < -0.3 is 0 Å². The second-order valence-electron chi connectivity index (χ2n) is 3.52. The largest absolute Gasteiger partial charge is 0.279 e. The van der Waals surface area contributed by atoms with E-state index in [4.69, 9.17) is 11.6 Å². The summed E-state index contributed by atoms with van der Waals surface area (Å²) < 4.78 is 25.1. The Kier molecular flexibility index (Phi) is 4.57. The van der Waals surface area contributed by atoms with Crippen molar-refractivity contribution < 1.29 is 13.2 Å². The third kappa shape index (κ3) is 3.69. The summed E-state index contributed by atoms with van der Waals surface area (Å²) >= 11 is 8.61. The van der Waals surface area contributed by atoms with Crippen molar-refractivity contribution in [1.29, 1.82) is 0 Å². The molecule has 0 saturated heterocycles. The highest BCUT2D eigenvalue weighted by molar-refractivity contribution is 9.10. The molecule has 0 spiro atoms. The fourth-order valence-electron chi connectivity index (χ4n) is 1.41. The Morgan fingerprint density at radius 2 is 2.06 bits per heavy atom. The van der Waals surface area contributed by atoms with Gasteiger partial charge in [0.25, 0.3) is 0 Å². The molecular weight excluding hydrogens is 330 g/mol. The van der Waals surface area contributed by atoms with E-state index in [2.05, 4.69) is 15.9 Å². The van der Waals surface area contributed by atoms with E-state index in [1.54, 1.807) is 24.3 Å². The first-order valence-electron chi connectivity index (χ1n) is 4.68. The zero-order valence-corrected chi connectivity index (χ0v) is 12.4. The van der Waals surface area contributed by atoms with Crippen LogP contribution in [0.3, 0.4) is 0 Å². The van der Waals surface area contributed by atoms with E-state index in [1.165, 1.54) is 6.92 Å². The zero-order chi connectivity index (χ0) is 13.2. The lowest BCUT2D eigenvalue weighted by molar-refractivity contribution is -0.112. The number of halogens is 2. The minimum atomic E-state index is -3.57. The predicted octanol–water partition coefficient (Wildman–Crippen LogP) is 2.37. The number of carbonyl (C=O) groups is 1. The van der Waals surface area contributed by atoms with Crippen LogP contribution in [0.25, 0.3) is 0 Å². The highest BCUT2D eigenvalue weighted by atomic mass is 79.9. The molecule has 94 valence electrons. The number of benzene rings is 1. The standard InChI is InChI=1S/C10H11BrClNO3S/c1-7(10(12)14)13(17(2,15)16)9-5-3-4-8(11)6-9/h3-7H,1-2H3. The van der Waals surface area contributed by atoms with Crippen molar-refractivity contribution in [1.82, 2.24) is 0 Å². The summed E-state index contributed by atoms with van der Waals surface area (Å²) in [6, 6.07) is 5.71. The third-order valence-electron chi connectivity index (χ3n) is 2.10. The molecule has 0 amide bonds. The summed E-state index contributed by atoms with van der Waals surface area (Å²) in [7, 11) is -3.57. The Morgan fingerprint density at radius 1 is 1.47 bits per heavy atom. The van der Waals surface area contributed by atoms with Crippen molar-refractivity contribution in [2.24, 2.45) is 0 Å². The van der Waals surface area contributed by atoms with Crippen LogP contribution in [0, 0.1) is 0 Å². The maximum Gasteiger partial charge on any atom is 0.245 e. The monoisotopic (exact) mass is 339 g/mol. The molecule has 17 heavy (non-hydrogen) atoms. The molecule has 0 radical (unpaired) electrons. The van der Waals surface area contributed by atoms with Gasteiger partial charge >= 0.3 is 0 Å². The van der Waals surface area contributed by atoms with Crippen LogP contribution in [0.5, 0.6) is 0 Å². The molecular formula is C10H11BrClNO3S. The summed E-state index contributed by atoms with van der Waals surface area (Å²) in [5.41, 5.74) is 0.392. The van der Waals surface area contributed by atoms with Crippen molar-refractivity contribution in [3.8, 4) is 0 Å². The van der Waals surface area contributed by atoms with Crippen LogP contribution < -0.4 is 4.31 Å². The van der Waals surface area contributed by atoms with Gasteiger partial charge in [-0.1, -0.05) is 22.0 Å². The van der Waals surface area contributed by atoms with Crippen LogP contribution in [-0.4, -0.2) is 26.0 Å². The van der Waals surface area contributed by atoms with E-state index in [0.29, 0.717) is 5.69 Å². The van der Waals surface area contributed by atoms with Crippen molar-refractivity contribution in [3.63, 3.8) is 0 Å². The third-order valence-corrected chi connectivity index (χ3v) is 4.15. The SMILES string of the molecule is CC(C(=O)Cl)N(c1cccc(Br)c1)S(C)(=O)=O. The summed E-state index contributed by atoms with van der Waals surface area (Å²) in [5, 5.41) is -0.726. The van der Waals surface area contributed by atoms with Gasteiger partial charge in [0.2, 0.25) is 15.3 Å². The molecule has 1 aromatic carbocycles. The van der Waals surface area contributed by atoms with E-state index in [1.807, 2.05) is 0 Å². The van der Waals surface area contributed by atoms with Gasteiger partial charge in [-0.25, -0.2) is 8.42 Å². The Hall–Kier alpha value is -0.590. The smallest absolute Gasteiger partial charge is 0.245 e. The van der Waals surface area contributed by atoms with Crippen LogP contribution in [-0.2, 0) is 14.8 Å². The van der Waals surface area contributed by atoms with E-state index in [-0.39, 0.29) is 0 Å². The van der Waals surface area contributed by atoms with Crippen LogP contribution in [0.15, 0.2) is 28.7 Å². The van der Waals surface area contributed by atoms with Crippen LogP contribution in [0.4, 0.5) is 5.69 Å². The molecule has 7 heteroatoms. The molecule has 0 aliphatic carbocycles. The van der Waals surface area contributed by atoms with E-state index in [9.17, 15) is 13.2 Å². The summed E-state index contributed by atoms with van der Waals surface area (Å²) in [6.45, 7) is 1.44. The lowest BCUT2D eigenvalue weighted by Gasteiger charge is -2.26. The van der Waals surface area contributed by atoms with Crippen LogP contribution >= 0.6 is 27.5 Å². The summed E-state index contributed by atoms with van der Waals surface area (Å²) in [6.07, 6.45) is 1.03. The molecule has 0 aliphatic heterocycles. The van der Waals surface area contributed by atoms with Crippen molar-refractivity contribution in [2.75, 3.05) is 10.6 Å². The number of sulfonamides is 1. The van der Waals surface area contributed by atoms with E-state index < -0.39 is 21.3 Å². The van der Waals surface area contributed by atoms with Crippen molar-refractivity contribution >= 4 is 48.5 Å². The van der Waals surface area contributed by atoms with Gasteiger partial charge in [0.1, 0.15) is 6.04 Å². The average Bonchev–Trinajstić information content (AvgIpc) is 2.15. The van der Waals surface area contributed by atoms with Gasteiger partial charge in [0, 0.05) is 4.47 Å². The van der Waals surface area contributed by atoms with Crippen LogP contribution in [0.1, 0.15) is 6.92 Å². The lowest BCUT2D eigenvalue weighted by Crippen LogP contribution is -2.41. The lowest BCUT2D eigenvalue weighted by atomic mass is 10.3. The molecule has 0 saturated carbocycles. The summed E-state index contributed by atoms with van der Waals surface area (Å²) in [5.74, 6) is 0. The maximum absolute atomic E-state index is 11.7. The number of nitrogens with zero attached hydrogens (tertiary/aromatic N) is 1. The first-order valence-corrected chi connectivity index (χ1v) is 7.69. The molecule has 1 atom stereocenters. The predicted molar refractivity (Wildman–Crippen MR) is 71.8 cm³/mol. The molecule has 1 aromatic rings. The minimum Gasteiger partial charge on any atom is -0.279 e. The highest BCUT2D eigenvalue weighted by Crippen LogP contribution is 2.24. The molecule has 1 rings (SSSR count). The average molecular weight is 341 g/mol. The fraction of sp³-hybridized carbons (Fsp3) is 0.300. The normalized spacial score (nSPS) is 13.2. The fourth-order valence-corrected chi connectivity index (χ4v) is 3.12. The Labute approximate surface area is 114 Å². The Balaban J connectivity index is 3.30. The minimum absolute atomic E-state index is 0.392. The van der Waals surface area contributed by atoms with Gasteiger partial charge in [0.05, 0.1) is 11.9 Å². The van der Waals surface area contributed by atoms with E-state index >= 15 is 0 Å². The molecule has 0 fully saturated rings.